The molecule has 140 valence electrons. The highest BCUT2D eigenvalue weighted by Gasteiger charge is 2.23. The number of carbonyl (C=O) groups excluding carboxylic acids is 1. The molecule has 3 rings (SSSR count). The molecule has 27 heavy (non-hydrogen) atoms. The number of aromatic nitrogens is 1. The van der Waals surface area contributed by atoms with E-state index < -0.39 is 0 Å². The highest BCUT2D eigenvalue weighted by atomic mass is 79.9. The summed E-state index contributed by atoms with van der Waals surface area (Å²) in [5, 5.41) is 10.6. The van der Waals surface area contributed by atoms with Crippen LogP contribution in [0.5, 0.6) is 0 Å². The van der Waals surface area contributed by atoms with Crippen LogP contribution in [0, 0.1) is 17.2 Å². The number of carbonyl (C=O) groups is 1. The lowest BCUT2D eigenvalue weighted by Crippen LogP contribution is -2.14. The molecule has 1 aliphatic rings. The average molecular weight is 443 g/mol. The fourth-order valence-electron chi connectivity index (χ4n) is 3.50. The van der Waals surface area contributed by atoms with Gasteiger partial charge in [-0.2, -0.15) is 5.26 Å². The number of aryl methyl sites for hydroxylation is 1. The summed E-state index contributed by atoms with van der Waals surface area (Å²) in [5.41, 5.74) is 4.95. The molecular formula is C22H23BrN2OS. The van der Waals surface area contributed by atoms with Crippen LogP contribution >= 0.6 is 27.7 Å². The van der Waals surface area contributed by atoms with Crippen molar-refractivity contribution in [2.24, 2.45) is 5.92 Å². The second-order valence-corrected chi connectivity index (χ2v) is 9.21. The maximum Gasteiger partial charge on any atom is 0.173 e. The first-order chi connectivity index (χ1) is 13.0. The highest BCUT2D eigenvalue weighted by Crippen LogP contribution is 2.33. The minimum Gasteiger partial charge on any atom is -0.293 e. The van der Waals surface area contributed by atoms with Crippen LogP contribution < -0.4 is 0 Å². The molecule has 0 N–H and O–H groups in total. The zero-order valence-corrected chi connectivity index (χ0v) is 18.1. The number of thioether (sulfide) groups is 1. The predicted octanol–water partition coefficient (Wildman–Crippen LogP) is 5.77. The number of benzene rings is 1. The Morgan fingerprint density at radius 3 is 2.63 bits per heavy atom. The van der Waals surface area contributed by atoms with Crippen LogP contribution in [0.15, 0.2) is 33.8 Å². The average Bonchev–Trinajstić information content (AvgIpc) is 2.66. The Bertz CT molecular complexity index is 885. The summed E-state index contributed by atoms with van der Waals surface area (Å²) in [6.45, 7) is 4.36. The summed E-state index contributed by atoms with van der Waals surface area (Å²) < 4.78 is 0.952. The highest BCUT2D eigenvalue weighted by molar-refractivity contribution is 9.10. The fourth-order valence-corrected chi connectivity index (χ4v) is 4.69. The van der Waals surface area contributed by atoms with E-state index in [1.165, 1.54) is 23.7 Å². The number of rotatable bonds is 6. The van der Waals surface area contributed by atoms with Crippen molar-refractivity contribution < 1.29 is 4.79 Å². The minimum absolute atomic E-state index is 0.0568. The third-order valence-electron chi connectivity index (χ3n) is 4.79. The van der Waals surface area contributed by atoms with Gasteiger partial charge in [0.2, 0.25) is 0 Å². The van der Waals surface area contributed by atoms with Crippen molar-refractivity contribution in [3.8, 4) is 6.07 Å². The van der Waals surface area contributed by atoms with Gasteiger partial charge in [0.15, 0.2) is 5.78 Å². The maximum absolute atomic E-state index is 12.5. The van der Waals surface area contributed by atoms with Gasteiger partial charge in [-0.3, -0.25) is 4.79 Å². The molecule has 3 nitrogen and oxygen atoms in total. The first-order valence-corrected chi connectivity index (χ1v) is 11.1. The molecule has 0 atom stereocenters. The van der Waals surface area contributed by atoms with Crippen molar-refractivity contribution in [1.29, 1.82) is 5.26 Å². The van der Waals surface area contributed by atoms with Crippen molar-refractivity contribution in [2.45, 2.75) is 51.0 Å². The standard InChI is InChI=1S/C22H23BrN2OS/c1-14(2)11-18-17-5-3-4-6-20(17)25-22(19(18)12-24)27-13-21(26)15-7-9-16(23)10-8-15/h7-10,14H,3-6,11,13H2,1-2H3. The van der Waals surface area contributed by atoms with E-state index in [1.54, 1.807) is 0 Å². The number of nitrogens with zero attached hydrogens (tertiary/aromatic N) is 2. The van der Waals surface area contributed by atoms with E-state index in [1.807, 2.05) is 24.3 Å². The number of pyridine rings is 1. The molecule has 2 aromatic rings. The first kappa shape index (κ1) is 20.1. The van der Waals surface area contributed by atoms with Crippen LogP contribution in [-0.2, 0) is 19.3 Å². The molecule has 0 aliphatic heterocycles. The summed E-state index contributed by atoms with van der Waals surface area (Å²) in [5.74, 6) is 0.831. The van der Waals surface area contributed by atoms with E-state index in [9.17, 15) is 10.1 Å². The summed E-state index contributed by atoms with van der Waals surface area (Å²) in [7, 11) is 0. The molecule has 0 saturated heterocycles. The van der Waals surface area contributed by atoms with E-state index in [0.29, 0.717) is 22.8 Å². The van der Waals surface area contributed by atoms with E-state index in [2.05, 4.69) is 35.8 Å². The van der Waals surface area contributed by atoms with Gasteiger partial charge in [0.25, 0.3) is 0 Å². The third kappa shape index (κ3) is 4.80. The van der Waals surface area contributed by atoms with Gasteiger partial charge < -0.3 is 0 Å². The fraction of sp³-hybridized carbons (Fsp3) is 0.409. The molecule has 1 aliphatic carbocycles. The van der Waals surface area contributed by atoms with Crippen LogP contribution in [0.1, 0.15) is 59.4 Å². The van der Waals surface area contributed by atoms with E-state index in [-0.39, 0.29) is 5.78 Å². The monoisotopic (exact) mass is 442 g/mol. The second kappa shape index (κ2) is 9.03. The number of fused-ring (bicyclic) bond motifs is 1. The van der Waals surface area contributed by atoms with Crippen molar-refractivity contribution >= 4 is 33.5 Å². The number of hydrogen-bond acceptors (Lipinski definition) is 4. The van der Waals surface area contributed by atoms with Crippen LogP contribution in [0.25, 0.3) is 0 Å². The molecule has 5 heteroatoms. The molecule has 1 aromatic heterocycles. The summed E-state index contributed by atoms with van der Waals surface area (Å²) in [6.07, 6.45) is 5.19. The van der Waals surface area contributed by atoms with Crippen molar-refractivity contribution in [2.75, 3.05) is 5.75 Å². The SMILES string of the molecule is CC(C)Cc1c(C#N)c(SCC(=O)c2ccc(Br)cc2)nc2c1CCCC2. The van der Waals surface area contributed by atoms with Crippen LogP contribution in [0.4, 0.5) is 0 Å². The van der Waals surface area contributed by atoms with Gasteiger partial charge in [-0.25, -0.2) is 4.98 Å². The normalized spacial score (nSPS) is 13.3. The lowest BCUT2D eigenvalue weighted by Gasteiger charge is -2.22. The quantitative estimate of drug-likeness (QED) is 0.420. The van der Waals surface area contributed by atoms with Gasteiger partial charge in [0.1, 0.15) is 11.1 Å². The summed E-state index contributed by atoms with van der Waals surface area (Å²) >= 11 is 4.79. The Hall–Kier alpha value is -1.64. The molecule has 0 unspecified atom stereocenters. The molecule has 1 aromatic carbocycles. The van der Waals surface area contributed by atoms with E-state index in [0.717, 1.165) is 46.4 Å². The second-order valence-electron chi connectivity index (χ2n) is 7.33. The number of Topliss-reactive ketones (excluding diaryl/α,β-unsaturated/α-hetero) is 1. The van der Waals surface area contributed by atoms with Gasteiger partial charge in [-0.05, 0) is 61.3 Å². The molecule has 0 bridgehead atoms. The largest absolute Gasteiger partial charge is 0.293 e. The number of halogens is 1. The maximum atomic E-state index is 12.5. The molecule has 0 spiro atoms. The Kier molecular flexibility index (Phi) is 6.73. The smallest absolute Gasteiger partial charge is 0.173 e. The van der Waals surface area contributed by atoms with Gasteiger partial charge in [-0.1, -0.05) is 53.7 Å². The Balaban J connectivity index is 1.89. The van der Waals surface area contributed by atoms with Crippen LogP contribution in [0.2, 0.25) is 0 Å². The van der Waals surface area contributed by atoms with Gasteiger partial charge in [0.05, 0.1) is 11.3 Å². The summed E-state index contributed by atoms with van der Waals surface area (Å²) in [6, 6.07) is 9.78. The number of nitriles is 1. The number of hydrogen-bond donors (Lipinski definition) is 0. The summed E-state index contributed by atoms with van der Waals surface area (Å²) in [4.78, 5) is 17.3. The molecular weight excluding hydrogens is 420 g/mol. The molecule has 0 saturated carbocycles. The first-order valence-electron chi connectivity index (χ1n) is 9.36. The Labute approximate surface area is 173 Å². The third-order valence-corrected chi connectivity index (χ3v) is 6.29. The predicted molar refractivity (Wildman–Crippen MR) is 113 cm³/mol. The van der Waals surface area contributed by atoms with Crippen molar-refractivity contribution in [3.63, 3.8) is 0 Å². The van der Waals surface area contributed by atoms with E-state index in [4.69, 9.17) is 4.98 Å². The van der Waals surface area contributed by atoms with Gasteiger partial charge >= 0.3 is 0 Å². The lowest BCUT2D eigenvalue weighted by atomic mass is 9.87. The van der Waals surface area contributed by atoms with E-state index >= 15 is 0 Å². The molecule has 1 heterocycles. The topological polar surface area (TPSA) is 53.8 Å². The number of ketones is 1. The zero-order valence-electron chi connectivity index (χ0n) is 15.7. The van der Waals surface area contributed by atoms with Crippen LogP contribution in [-0.4, -0.2) is 16.5 Å². The van der Waals surface area contributed by atoms with Crippen molar-refractivity contribution in [1.82, 2.24) is 4.98 Å². The molecule has 0 fully saturated rings. The molecule has 0 radical (unpaired) electrons. The van der Waals surface area contributed by atoms with Crippen molar-refractivity contribution in [3.05, 3.63) is 56.7 Å². The Morgan fingerprint density at radius 1 is 1.26 bits per heavy atom. The van der Waals surface area contributed by atoms with Crippen LogP contribution in [0.3, 0.4) is 0 Å². The zero-order chi connectivity index (χ0) is 19.4. The molecule has 0 amide bonds. The van der Waals surface area contributed by atoms with Gasteiger partial charge in [0, 0.05) is 15.7 Å². The Morgan fingerprint density at radius 2 is 1.96 bits per heavy atom. The minimum atomic E-state index is 0.0568. The lowest BCUT2D eigenvalue weighted by molar-refractivity contribution is 0.102. The van der Waals surface area contributed by atoms with Gasteiger partial charge in [-0.15, -0.1) is 0 Å².